The van der Waals surface area contributed by atoms with Gasteiger partial charge in [-0.3, -0.25) is 4.99 Å². The second-order valence-corrected chi connectivity index (χ2v) is 6.46. The summed E-state index contributed by atoms with van der Waals surface area (Å²) in [5.74, 6) is 2.19. The highest BCUT2D eigenvalue weighted by atomic mass is 32.2. The third-order valence-corrected chi connectivity index (χ3v) is 4.34. The van der Waals surface area contributed by atoms with Gasteiger partial charge in [-0.05, 0) is 32.6 Å². The van der Waals surface area contributed by atoms with Crippen molar-refractivity contribution in [2.45, 2.75) is 51.5 Å². The van der Waals surface area contributed by atoms with Gasteiger partial charge in [0, 0.05) is 17.8 Å². The van der Waals surface area contributed by atoms with Crippen molar-refractivity contribution in [2.24, 2.45) is 10.9 Å². The summed E-state index contributed by atoms with van der Waals surface area (Å²) in [5, 5.41) is 4.69. The summed E-state index contributed by atoms with van der Waals surface area (Å²) in [6.07, 6.45) is 6.86. The highest BCUT2D eigenvalue weighted by Gasteiger charge is 2.24. The molecule has 1 saturated heterocycles. The fourth-order valence-corrected chi connectivity index (χ4v) is 3.34. The Morgan fingerprint density at radius 3 is 2.87 bits per heavy atom. The Balaban J connectivity index is 1.73. The van der Waals surface area contributed by atoms with E-state index in [4.69, 9.17) is 0 Å². The average molecular weight is 226 g/mol. The molecule has 0 radical (unpaired) electrons. The van der Waals surface area contributed by atoms with Crippen molar-refractivity contribution in [3.05, 3.63) is 0 Å². The quantitative estimate of drug-likeness (QED) is 0.800. The molecular formula is C12H22N2S. The second kappa shape index (κ2) is 4.77. The highest BCUT2D eigenvalue weighted by molar-refractivity contribution is 8.13. The van der Waals surface area contributed by atoms with Crippen LogP contribution in [0.25, 0.3) is 0 Å². The van der Waals surface area contributed by atoms with E-state index in [9.17, 15) is 0 Å². The van der Waals surface area contributed by atoms with Crippen LogP contribution in [-0.4, -0.2) is 23.0 Å². The fourth-order valence-electron chi connectivity index (χ4n) is 2.01. The van der Waals surface area contributed by atoms with E-state index in [0.717, 1.165) is 12.5 Å². The van der Waals surface area contributed by atoms with E-state index in [1.54, 1.807) is 0 Å². The van der Waals surface area contributed by atoms with Gasteiger partial charge >= 0.3 is 0 Å². The molecule has 1 aliphatic carbocycles. The standard InChI is InChI=1S/C12H22N2S/c1-12(2)7-9-15-11(14-12)13-8-6-10-4-3-5-10/h10H,3-9H2,1-2H3,(H,13,14). The van der Waals surface area contributed by atoms with Crippen LogP contribution >= 0.6 is 11.8 Å². The Morgan fingerprint density at radius 1 is 1.47 bits per heavy atom. The van der Waals surface area contributed by atoms with Crippen molar-refractivity contribution in [3.8, 4) is 0 Å². The Morgan fingerprint density at radius 2 is 2.27 bits per heavy atom. The molecule has 1 heterocycles. The molecule has 2 fully saturated rings. The van der Waals surface area contributed by atoms with Crippen LogP contribution in [0.5, 0.6) is 0 Å². The third kappa shape index (κ3) is 3.40. The van der Waals surface area contributed by atoms with Crippen LogP contribution in [-0.2, 0) is 0 Å². The monoisotopic (exact) mass is 226 g/mol. The predicted molar refractivity (Wildman–Crippen MR) is 68.5 cm³/mol. The topological polar surface area (TPSA) is 24.4 Å². The van der Waals surface area contributed by atoms with Crippen LogP contribution in [0.15, 0.2) is 4.99 Å². The molecule has 0 amide bonds. The number of nitrogens with zero attached hydrogens (tertiary/aromatic N) is 1. The maximum atomic E-state index is 4.67. The number of rotatable bonds is 3. The van der Waals surface area contributed by atoms with Crippen LogP contribution in [0.1, 0.15) is 46.0 Å². The van der Waals surface area contributed by atoms with Gasteiger partial charge in [0.15, 0.2) is 5.17 Å². The lowest BCUT2D eigenvalue weighted by molar-refractivity contribution is 0.300. The van der Waals surface area contributed by atoms with Crippen LogP contribution in [0.4, 0.5) is 0 Å². The molecule has 0 aromatic heterocycles. The molecule has 0 spiro atoms. The molecular weight excluding hydrogens is 204 g/mol. The minimum Gasteiger partial charge on any atom is -0.360 e. The Kier molecular flexibility index (Phi) is 3.60. The Hall–Kier alpha value is -0.180. The Labute approximate surface area is 97.3 Å². The largest absolute Gasteiger partial charge is 0.360 e. The van der Waals surface area contributed by atoms with Crippen LogP contribution in [0.3, 0.4) is 0 Å². The number of thioether (sulfide) groups is 1. The van der Waals surface area contributed by atoms with E-state index in [0.29, 0.717) is 0 Å². The fraction of sp³-hybridized carbons (Fsp3) is 0.917. The highest BCUT2D eigenvalue weighted by Crippen LogP contribution is 2.29. The second-order valence-electron chi connectivity index (χ2n) is 5.38. The molecule has 2 aliphatic rings. The van der Waals surface area contributed by atoms with Crippen molar-refractivity contribution in [1.29, 1.82) is 0 Å². The number of nitrogens with one attached hydrogen (secondary N) is 1. The lowest BCUT2D eigenvalue weighted by Gasteiger charge is -2.32. The van der Waals surface area contributed by atoms with Gasteiger partial charge in [0.25, 0.3) is 0 Å². The van der Waals surface area contributed by atoms with E-state index < -0.39 is 0 Å². The van der Waals surface area contributed by atoms with Gasteiger partial charge in [-0.2, -0.15) is 0 Å². The SMILES string of the molecule is CC1(C)CCSC(=NCCC2CCC2)N1. The third-order valence-electron chi connectivity index (χ3n) is 3.43. The number of hydrogen-bond donors (Lipinski definition) is 1. The van der Waals surface area contributed by atoms with Crippen molar-refractivity contribution in [1.82, 2.24) is 5.32 Å². The maximum Gasteiger partial charge on any atom is 0.156 e. The minimum atomic E-state index is 0.251. The molecule has 0 atom stereocenters. The smallest absolute Gasteiger partial charge is 0.156 e. The molecule has 0 aromatic carbocycles. The zero-order chi connectivity index (χ0) is 10.7. The van der Waals surface area contributed by atoms with E-state index in [1.807, 2.05) is 11.8 Å². The zero-order valence-corrected chi connectivity index (χ0v) is 10.7. The van der Waals surface area contributed by atoms with Gasteiger partial charge in [-0.15, -0.1) is 0 Å². The molecule has 3 heteroatoms. The first-order valence-corrected chi connectivity index (χ1v) is 7.10. The van der Waals surface area contributed by atoms with Crippen molar-refractivity contribution >= 4 is 16.9 Å². The van der Waals surface area contributed by atoms with Gasteiger partial charge in [0.2, 0.25) is 0 Å². The summed E-state index contributed by atoms with van der Waals surface area (Å²) < 4.78 is 0. The molecule has 15 heavy (non-hydrogen) atoms. The number of amidine groups is 1. The first-order valence-electron chi connectivity index (χ1n) is 6.11. The van der Waals surface area contributed by atoms with Crippen molar-refractivity contribution in [2.75, 3.05) is 12.3 Å². The summed E-state index contributed by atoms with van der Waals surface area (Å²) in [4.78, 5) is 4.67. The van der Waals surface area contributed by atoms with Gasteiger partial charge in [-0.1, -0.05) is 31.0 Å². The molecule has 0 aromatic rings. The summed E-state index contributed by atoms with van der Waals surface area (Å²) in [5.41, 5.74) is 0.251. The van der Waals surface area contributed by atoms with Crippen LogP contribution in [0.2, 0.25) is 0 Å². The van der Waals surface area contributed by atoms with E-state index >= 15 is 0 Å². The zero-order valence-electron chi connectivity index (χ0n) is 9.88. The van der Waals surface area contributed by atoms with Gasteiger partial charge in [0.05, 0.1) is 0 Å². The summed E-state index contributed by atoms with van der Waals surface area (Å²) in [7, 11) is 0. The van der Waals surface area contributed by atoms with Crippen LogP contribution in [0, 0.1) is 5.92 Å². The van der Waals surface area contributed by atoms with Gasteiger partial charge < -0.3 is 5.32 Å². The molecule has 86 valence electrons. The lowest BCUT2D eigenvalue weighted by atomic mass is 9.83. The van der Waals surface area contributed by atoms with E-state index in [1.165, 1.54) is 43.0 Å². The molecule has 1 aliphatic heterocycles. The summed E-state index contributed by atoms with van der Waals surface area (Å²) in [6.45, 7) is 5.54. The molecule has 1 saturated carbocycles. The first-order chi connectivity index (χ1) is 7.16. The minimum absolute atomic E-state index is 0.251. The summed E-state index contributed by atoms with van der Waals surface area (Å²) in [6, 6.07) is 0. The molecule has 0 unspecified atom stereocenters. The van der Waals surface area contributed by atoms with Gasteiger partial charge in [0.1, 0.15) is 0 Å². The maximum absolute atomic E-state index is 4.67. The lowest BCUT2D eigenvalue weighted by Crippen LogP contribution is -2.46. The first kappa shape index (κ1) is 11.3. The predicted octanol–water partition coefficient (Wildman–Crippen LogP) is 3.04. The van der Waals surface area contributed by atoms with Crippen molar-refractivity contribution in [3.63, 3.8) is 0 Å². The Bertz CT molecular complexity index is 244. The average Bonchev–Trinajstić information content (AvgIpc) is 2.08. The van der Waals surface area contributed by atoms with Gasteiger partial charge in [-0.25, -0.2) is 0 Å². The summed E-state index contributed by atoms with van der Waals surface area (Å²) >= 11 is 1.88. The van der Waals surface area contributed by atoms with Crippen molar-refractivity contribution < 1.29 is 0 Å². The normalized spacial score (nSPS) is 28.5. The van der Waals surface area contributed by atoms with E-state index in [-0.39, 0.29) is 5.54 Å². The molecule has 0 bridgehead atoms. The molecule has 1 N–H and O–H groups in total. The number of hydrogen-bond acceptors (Lipinski definition) is 2. The van der Waals surface area contributed by atoms with Crippen LogP contribution < -0.4 is 5.32 Å². The van der Waals surface area contributed by atoms with E-state index in [2.05, 4.69) is 24.2 Å². The molecule has 2 nitrogen and oxygen atoms in total. The number of aliphatic imine (C=N–C) groups is 1. The molecule has 2 rings (SSSR count).